The number of nitrogens with zero attached hydrogens (tertiary/aromatic N) is 2. The van der Waals surface area contributed by atoms with Crippen molar-refractivity contribution in [2.24, 2.45) is 5.92 Å². The molecule has 1 aromatic carbocycles. The molecule has 7 heteroatoms. The number of hydrogen-bond acceptors (Lipinski definition) is 5. The minimum absolute atomic E-state index is 0.0691. The summed E-state index contributed by atoms with van der Waals surface area (Å²) < 4.78 is 5.23. The number of aliphatic hydroxyl groups is 1. The lowest BCUT2D eigenvalue weighted by Crippen LogP contribution is -2.45. The van der Waals surface area contributed by atoms with Crippen LogP contribution in [0, 0.1) is 10.8 Å². The van der Waals surface area contributed by atoms with Crippen molar-refractivity contribution in [2.75, 3.05) is 13.1 Å². The van der Waals surface area contributed by atoms with Gasteiger partial charge in [0.15, 0.2) is 0 Å². The minimum Gasteiger partial charge on any atom is -0.409 e. The van der Waals surface area contributed by atoms with E-state index in [9.17, 15) is 9.90 Å². The number of β-amino-alcohol motifs (C(OH)–C–C–N with tert-alkyl or cyclic N) is 1. The van der Waals surface area contributed by atoms with Crippen LogP contribution >= 0.6 is 12.2 Å². The Kier molecular flexibility index (Phi) is 4.08. The van der Waals surface area contributed by atoms with Crippen molar-refractivity contribution in [1.29, 1.82) is 0 Å². The number of rotatable bonds is 2. The molecule has 1 saturated heterocycles. The number of likely N-dealkylation sites (tertiary alicyclic amines) is 1. The fourth-order valence-electron chi connectivity index (χ4n) is 2.52. The van der Waals surface area contributed by atoms with E-state index < -0.39 is 6.10 Å². The highest BCUT2D eigenvalue weighted by Gasteiger charge is 2.27. The van der Waals surface area contributed by atoms with Crippen LogP contribution in [0.5, 0.6) is 0 Å². The van der Waals surface area contributed by atoms with Gasteiger partial charge in [-0.25, -0.2) is 5.10 Å². The smallest absolute Gasteiger partial charge is 0.284 e. The summed E-state index contributed by atoms with van der Waals surface area (Å²) in [6, 6.07) is 7.00. The number of benzene rings is 1. The standard InChI is InChI=1S/C15H17N3O3S/c1-9-6-7-18(8-12(9)19)14(20)11-4-2-10(3-5-11)13-16-17-15(22)21-13/h2-5,9,12,19H,6-8H2,1H3,(H,17,22)/t9-,12-/m1/s1. The molecule has 3 rings (SSSR count). The third kappa shape index (κ3) is 2.95. The highest BCUT2D eigenvalue weighted by Crippen LogP contribution is 2.21. The van der Waals surface area contributed by atoms with Gasteiger partial charge in [0.2, 0.25) is 5.89 Å². The molecule has 6 nitrogen and oxygen atoms in total. The van der Waals surface area contributed by atoms with Crippen LogP contribution in [0.25, 0.3) is 11.5 Å². The molecule has 116 valence electrons. The summed E-state index contributed by atoms with van der Waals surface area (Å²) >= 11 is 4.84. The first-order valence-electron chi connectivity index (χ1n) is 7.18. The van der Waals surface area contributed by atoms with Gasteiger partial charge in [-0.3, -0.25) is 4.79 Å². The van der Waals surface area contributed by atoms with E-state index in [2.05, 4.69) is 10.2 Å². The molecular weight excluding hydrogens is 302 g/mol. The van der Waals surface area contributed by atoms with Crippen LogP contribution in [0.2, 0.25) is 0 Å². The van der Waals surface area contributed by atoms with E-state index in [1.54, 1.807) is 29.2 Å². The molecule has 0 radical (unpaired) electrons. The Labute approximate surface area is 132 Å². The Balaban J connectivity index is 1.75. The summed E-state index contributed by atoms with van der Waals surface area (Å²) in [6.45, 7) is 3.06. The van der Waals surface area contributed by atoms with Crippen molar-refractivity contribution < 1.29 is 14.3 Å². The number of carbonyl (C=O) groups is 1. The zero-order valence-electron chi connectivity index (χ0n) is 12.2. The maximum Gasteiger partial charge on any atom is 0.284 e. The molecule has 1 aromatic heterocycles. The van der Waals surface area contributed by atoms with E-state index in [4.69, 9.17) is 16.6 Å². The van der Waals surface area contributed by atoms with Crippen LogP contribution in [-0.4, -0.2) is 45.3 Å². The fourth-order valence-corrected chi connectivity index (χ4v) is 2.65. The molecule has 0 saturated carbocycles. The Bertz CT molecular complexity index is 722. The van der Waals surface area contributed by atoms with Crippen LogP contribution in [-0.2, 0) is 0 Å². The Morgan fingerprint density at radius 2 is 2.18 bits per heavy atom. The molecule has 2 N–H and O–H groups in total. The first-order valence-corrected chi connectivity index (χ1v) is 7.58. The number of nitrogens with one attached hydrogen (secondary N) is 1. The van der Waals surface area contributed by atoms with Crippen LogP contribution in [0.4, 0.5) is 0 Å². The zero-order valence-corrected chi connectivity index (χ0v) is 13.0. The zero-order chi connectivity index (χ0) is 15.7. The molecular formula is C15H17N3O3S. The summed E-state index contributed by atoms with van der Waals surface area (Å²) in [5, 5.41) is 16.4. The van der Waals surface area contributed by atoms with Gasteiger partial charge in [-0.1, -0.05) is 6.92 Å². The molecule has 1 aliphatic heterocycles. The third-order valence-electron chi connectivity index (χ3n) is 4.02. The van der Waals surface area contributed by atoms with E-state index in [0.717, 1.165) is 12.0 Å². The molecule has 0 unspecified atom stereocenters. The Morgan fingerprint density at radius 3 is 2.77 bits per heavy atom. The maximum atomic E-state index is 12.5. The van der Waals surface area contributed by atoms with E-state index in [1.807, 2.05) is 6.92 Å². The number of piperidine rings is 1. The summed E-state index contributed by atoms with van der Waals surface area (Å²) in [7, 11) is 0. The molecule has 0 aliphatic carbocycles. The summed E-state index contributed by atoms with van der Waals surface area (Å²) in [6.07, 6.45) is 0.365. The second kappa shape index (κ2) is 6.02. The third-order valence-corrected chi connectivity index (χ3v) is 4.20. The molecule has 0 bridgehead atoms. The number of aromatic nitrogens is 2. The monoisotopic (exact) mass is 319 g/mol. The molecule has 0 spiro atoms. The summed E-state index contributed by atoms with van der Waals surface area (Å²) in [5.41, 5.74) is 1.33. The Hall–Kier alpha value is -1.99. The first kappa shape index (κ1) is 14.9. The highest BCUT2D eigenvalue weighted by molar-refractivity contribution is 7.71. The largest absolute Gasteiger partial charge is 0.409 e. The lowest BCUT2D eigenvalue weighted by Gasteiger charge is -2.34. The van der Waals surface area contributed by atoms with Gasteiger partial charge in [0.1, 0.15) is 0 Å². The second-order valence-electron chi connectivity index (χ2n) is 5.58. The van der Waals surface area contributed by atoms with E-state index in [1.165, 1.54) is 0 Å². The normalized spacial score (nSPS) is 21.8. The van der Waals surface area contributed by atoms with Gasteiger partial charge in [0.25, 0.3) is 10.7 Å². The second-order valence-corrected chi connectivity index (χ2v) is 5.95. The van der Waals surface area contributed by atoms with Gasteiger partial charge >= 0.3 is 0 Å². The van der Waals surface area contributed by atoms with Crippen LogP contribution in [0.15, 0.2) is 28.7 Å². The van der Waals surface area contributed by atoms with E-state index >= 15 is 0 Å². The maximum absolute atomic E-state index is 12.5. The number of carbonyl (C=O) groups excluding carboxylic acids is 1. The molecule has 1 fully saturated rings. The van der Waals surface area contributed by atoms with Gasteiger partial charge in [-0.15, -0.1) is 5.10 Å². The van der Waals surface area contributed by atoms with E-state index in [-0.39, 0.29) is 16.7 Å². The molecule has 1 amide bonds. The lowest BCUT2D eigenvalue weighted by molar-refractivity contribution is 0.0248. The lowest BCUT2D eigenvalue weighted by atomic mass is 9.95. The first-order chi connectivity index (χ1) is 10.5. The fraction of sp³-hybridized carbons (Fsp3) is 0.400. The van der Waals surface area contributed by atoms with Gasteiger partial charge in [0, 0.05) is 24.2 Å². The van der Waals surface area contributed by atoms with E-state index in [0.29, 0.717) is 24.5 Å². The van der Waals surface area contributed by atoms with Gasteiger partial charge in [-0.05, 0) is 48.8 Å². The van der Waals surface area contributed by atoms with Gasteiger partial charge in [-0.2, -0.15) is 0 Å². The number of aliphatic hydroxyl groups excluding tert-OH is 1. The summed E-state index contributed by atoms with van der Waals surface area (Å²) in [5.74, 6) is 0.562. The number of amides is 1. The molecule has 22 heavy (non-hydrogen) atoms. The van der Waals surface area contributed by atoms with Crippen molar-refractivity contribution in [2.45, 2.75) is 19.4 Å². The molecule has 2 aromatic rings. The van der Waals surface area contributed by atoms with Crippen LogP contribution in [0.1, 0.15) is 23.7 Å². The van der Waals surface area contributed by atoms with Crippen molar-refractivity contribution in [1.82, 2.24) is 15.1 Å². The van der Waals surface area contributed by atoms with Crippen molar-refractivity contribution in [3.63, 3.8) is 0 Å². The quantitative estimate of drug-likeness (QED) is 0.830. The van der Waals surface area contributed by atoms with Crippen molar-refractivity contribution in [3.8, 4) is 11.5 Å². The van der Waals surface area contributed by atoms with Gasteiger partial charge in [0.05, 0.1) is 6.10 Å². The number of hydrogen-bond donors (Lipinski definition) is 2. The number of H-pyrrole nitrogens is 1. The number of aromatic amines is 1. The van der Waals surface area contributed by atoms with Crippen LogP contribution in [0.3, 0.4) is 0 Å². The predicted octanol–water partition coefficient (Wildman–Crippen LogP) is 2.24. The molecule has 2 atom stereocenters. The highest BCUT2D eigenvalue weighted by atomic mass is 32.1. The van der Waals surface area contributed by atoms with Gasteiger partial charge < -0.3 is 14.4 Å². The van der Waals surface area contributed by atoms with Crippen LogP contribution < -0.4 is 0 Å². The summed E-state index contributed by atoms with van der Waals surface area (Å²) in [4.78, 5) is 14.4. The predicted molar refractivity (Wildman–Crippen MR) is 82.8 cm³/mol. The Morgan fingerprint density at radius 1 is 1.45 bits per heavy atom. The molecule has 2 heterocycles. The van der Waals surface area contributed by atoms with Crippen molar-refractivity contribution in [3.05, 3.63) is 34.7 Å². The average Bonchev–Trinajstić information content (AvgIpc) is 2.96. The topological polar surface area (TPSA) is 82.4 Å². The SMILES string of the molecule is C[C@@H]1CCN(C(=O)c2ccc(-c3n[nH]c(=S)o3)cc2)C[C@H]1O. The average molecular weight is 319 g/mol. The molecule has 1 aliphatic rings. The van der Waals surface area contributed by atoms with Crippen molar-refractivity contribution >= 4 is 18.1 Å². The minimum atomic E-state index is -0.453.